The van der Waals surface area contributed by atoms with Gasteiger partial charge in [-0.05, 0) is 38.4 Å². The first kappa shape index (κ1) is 17.3. The minimum absolute atomic E-state index is 0.217. The fourth-order valence-corrected chi connectivity index (χ4v) is 3.23. The summed E-state index contributed by atoms with van der Waals surface area (Å²) in [5.74, 6) is 0.581. The number of carbonyl (C=O) groups is 1. The van der Waals surface area contributed by atoms with E-state index in [1.54, 1.807) is 11.8 Å². The molecule has 20 heavy (non-hydrogen) atoms. The second-order valence-electron chi connectivity index (χ2n) is 4.78. The maximum absolute atomic E-state index is 11.9. The van der Waals surface area contributed by atoms with Crippen molar-refractivity contribution in [1.29, 1.82) is 0 Å². The molecule has 0 aliphatic carbocycles. The SMILES string of the molecule is CCCNC(C)(CCSc1ccccc1Cl)C(=O)OC. The average molecular weight is 316 g/mol. The lowest BCUT2D eigenvalue weighted by Gasteiger charge is -2.27. The van der Waals surface area contributed by atoms with Gasteiger partial charge in [-0.25, -0.2) is 0 Å². The summed E-state index contributed by atoms with van der Waals surface area (Å²) in [5.41, 5.74) is -0.640. The Balaban J connectivity index is 2.58. The molecule has 5 heteroatoms. The molecule has 0 saturated carbocycles. The summed E-state index contributed by atoms with van der Waals surface area (Å²) >= 11 is 7.78. The van der Waals surface area contributed by atoms with E-state index in [9.17, 15) is 4.79 Å². The topological polar surface area (TPSA) is 38.3 Å². The maximum atomic E-state index is 11.9. The average Bonchev–Trinajstić information content (AvgIpc) is 2.46. The molecule has 1 rings (SSSR count). The Hall–Kier alpha value is -0.710. The van der Waals surface area contributed by atoms with E-state index in [0.717, 1.165) is 28.6 Å². The molecule has 0 saturated heterocycles. The number of benzene rings is 1. The van der Waals surface area contributed by atoms with Crippen molar-refractivity contribution >= 4 is 29.3 Å². The zero-order valence-corrected chi connectivity index (χ0v) is 13.8. The molecule has 0 amide bonds. The zero-order valence-electron chi connectivity index (χ0n) is 12.2. The standard InChI is InChI=1S/C15H22ClNO2S/c1-4-10-17-15(2,14(18)19-3)9-11-20-13-8-6-5-7-12(13)16/h5-8,17H,4,9-11H2,1-3H3. The van der Waals surface area contributed by atoms with Crippen LogP contribution < -0.4 is 5.32 Å². The molecule has 0 aliphatic heterocycles. The second kappa shape index (κ2) is 8.55. The van der Waals surface area contributed by atoms with Gasteiger partial charge in [0.1, 0.15) is 5.54 Å². The maximum Gasteiger partial charge on any atom is 0.325 e. The molecule has 0 radical (unpaired) electrons. The van der Waals surface area contributed by atoms with E-state index in [0.29, 0.717) is 6.42 Å². The van der Waals surface area contributed by atoms with Gasteiger partial charge in [0, 0.05) is 10.6 Å². The van der Waals surface area contributed by atoms with Crippen molar-refractivity contribution in [2.45, 2.75) is 37.1 Å². The normalized spacial score (nSPS) is 13.8. The van der Waals surface area contributed by atoms with Crippen molar-refractivity contribution in [3.8, 4) is 0 Å². The van der Waals surface area contributed by atoms with Crippen molar-refractivity contribution < 1.29 is 9.53 Å². The fourth-order valence-electron chi connectivity index (χ4n) is 1.82. The minimum atomic E-state index is -0.640. The van der Waals surface area contributed by atoms with Crippen molar-refractivity contribution in [1.82, 2.24) is 5.32 Å². The number of halogens is 1. The van der Waals surface area contributed by atoms with Crippen LogP contribution in [-0.2, 0) is 9.53 Å². The van der Waals surface area contributed by atoms with Crippen molar-refractivity contribution in [3.05, 3.63) is 29.3 Å². The molecule has 1 aromatic rings. The third kappa shape index (κ3) is 5.00. The third-order valence-electron chi connectivity index (χ3n) is 3.10. The molecule has 0 aliphatic rings. The lowest BCUT2D eigenvalue weighted by Crippen LogP contribution is -2.50. The van der Waals surface area contributed by atoms with Gasteiger partial charge >= 0.3 is 5.97 Å². The molecule has 0 aromatic heterocycles. The quantitative estimate of drug-likeness (QED) is 0.585. The highest BCUT2D eigenvalue weighted by molar-refractivity contribution is 7.99. The molecule has 0 heterocycles. The number of ether oxygens (including phenoxy) is 1. The number of thioether (sulfide) groups is 1. The molecule has 1 atom stereocenters. The molecule has 1 unspecified atom stereocenters. The molecule has 112 valence electrons. The summed E-state index contributed by atoms with van der Waals surface area (Å²) in [7, 11) is 1.43. The van der Waals surface area contributed by atoms with E-state index in [-0.39, 0.29) is 5.97 Å². The second-order valence-corrected chi connectivity index (χ2v) is 6.32. The van der Waals surface area contributed by atoms with Crippen LogP contribution in [0.25, 0.3) is 0 Å². The van der Waals surface area contributed by atoms with Gasteiger partial charge in [0.05, 0.1) is 12.1 Å². The highest BCUT2D eigenvalue weighted by atomic mass is 35.5. The van der Waals surface area contributed by atoms with Crippen LogP contribution in [0.5, 0.6) is 0 Å². The first-order chi connectivity index (χ1) is 9.53. The molecular weight excluding hydrogens is 294 g/mol. The molecule has 1 N–H and O–H groups in total. The Bertz CT molecular complexity index is 442. The number of hydrogen-bond acceptors (Lipinski definition) is 4. The van der Waals surface area contributed by atoms with Crippen LogP contribution in [0.2, 0.25) is 5.02 Å². The zero-order chi connectivity index (χ0) is 15.0. The molecule has 0 bridgehead atoms. The van der Waals surface area contributed by atoms with Gasteiger partial charge in [-0.15, -0.1) is 11.8 Å². The number of carbonyl (C=O) groups excluding carboxylic acids is 1. The monoisotopic (exact) mass is 315 g/mol. The molecule has 1 aromatic carbocycles. The number of rotatable bonds is 8. The van der Waals surface area contributed by atoms with Gasteiger partial charge in [0.15, 0.2) is 0 Å². The van der Waals surface area contributed by atoms with Crippen LogP contribution in [0.15, 0.2) is 29.2 Å². The van der Waals surface area contributed by atoms with E-state index in [1.807, 2.05) is 31.2 Å². The first-order valence-corrected chi connectivity index (χ1v) is 8.10. The summed E-state index contributed by atoms with van der Waals surface area (Å²) in [6.45, 7) is 4.76. The van der Waals surface area contributed by atoms with Crippen LogP contribution in [0.1, 0.15) is 26.7 Å². The summed E-state index contributed by atoms with van der Waals surface area (Å²) in [4.78, 5) is 13.0. The number of nitrogens with one attached hydrogen (secondary N) is 1. The highest BCUT2D eigenvalue weighted by Gasteiger charge is 2.33. The Kier molecular flexibility index (Phi) is 7.41. The van der Waals surface area contributed by atoms with Gasteiger partial charge in [-0.2, -0.15) is 0 Å². The molecular formula is C15H22ClNO2S. The summed E-state index contributed by atoms with van der Waals surface area (Å²) in [6.07, 6.45) is 1.67. The minimum Gasteiger partial charge on any atom is -0.468 e. The van der Waals surface area contributed by atoms with Crippen molar-refractivity contribution in [2.75, 3.05) is 19.4 Å². The Morgan fingerprint density at radius 1 is 1.45 bits per heavy atom. The molecule has 0 fully saturated rings. The largest absolute Gasteiger partial charge is 0.468 e. The number of esters is 1. The van der Waals surface area contributed by atoms with Crippen LogP contribution in [0, 0.1) is 0 Å². The highest BCUT2D eigenvalue weighted by Crippen LogP contribution is 2.28. The Morgan fingerprint density at radius 2 is 2.15 bits per heavy atom. The third-order valence-corrected chi connectivity index (χ3v) is 4.61. The Labute approximate surface area is 130 Å². The van der Waals surface area contributed by atoms with Gasteiger partial charge in [0.25, 0.3) is 0 Å². The van der Waals surface area contributed by atoms with E-state index in [2.05, 4.69) is 12.2 Å². The van der Waals surface area contributed by atoms with E-state index < -0.39 is 5.54 Å². The predicted molar refractivity (Wildman–Crippen MR) is 85.5 cm³/mol. The van der Waals surface area contributed by atoms with Gasteiger partial charge < -0.3 is 10.1 Å². The Morgan fingerprint density at radius 3 is 2.75 bits per heavy atom. The molecule has 3 nitrogen and oxygen atoms in total. The lowest BCUT2D eigenvalue weighted by molar-refractivity contribution is -0.148. The van der Waals surface area contributed by atoms with E-state index in [4.69, 9.17) is 16.3 Å². The smallest absolute Gasteiger partial charge is 0.325 e. The van der Waals surface area contributed by atoms with Gasteiger partial charge in [0.2, 0.25) is 0 Å². The summed E-state index contributed by atoms with van der Waals surface area (Å²) in [5, 5.41) is 4.03. The number of hydrogen-bond donors (Lipinski definition) is 1. The van der Waals surface area contributed by atoms with Crippen molar-refractivity contribution in [3.63, 3.8) is 0 Å². The molecule has 0 spiro atoms. The van der Waals surface area contributed by atoms with Gasteiger partial charge in [-0.1, -0.05) is 30.7 Å². The van der Waals surface area contributed by atoms with Crippen LogP contribution in [0.4, 0.5) is 0 Å². The van der Waals surface area contributed by atoms with Gasteiger partial charge in [-0.3, -0.25) is 4.79 Å². The lowest BCUT2D eigenvalue weighted by atomic mass is 9.99. The summed E-state index contributed by atoms with van der Waals surface area (Å²) in [6, 6.07) is 7.73. The predicted octanol–water partition coefficient (Wildman–Crippen LogP) is 3.75. The van der Waals surface area contributed by atoms with Crippen molar-refractivity contribution in [2.24, 2.45) is 0 Å². The number of methoxy groups -OCH3 is 1. The van der Waals surface area contributed by atoms with Crippen LogP contribution in [0.3, 0.4) is 0 Å². The van der Waals surface area contributed by atoms with E-state index in [1.165, 1.54) is 7.11 Å². The van der Waals surface area contributed by atoms with Crippen LogP contribution >= 0.6 is 23.4 Å². The first-order valence-electron chi connectivity index (χ1n) is 6.74. The fraction of sp³-hybridized carbons (Fsp3) is 0.533. The van der Waals surface area contributed by atoms with E-state index >= 15 is 0 Å². The summed E-state index contributed by atoms with van der Waals surface area (Å²) < 4.78 is 4.90. The van der Waals surface area contributed by atoms with Crippen LogP contribution in [-0.4, -0.2) is 30.9 Å².